The monoisotopic (exact) mass is 267 g/mol. The standard InChI is InChI=1S/C16H33N3/c1-5-13-12-18(4)9-6-10-19(13)15-11-16(2,3)8-7-14(15)17/h13-15H,5-12,17H2,1-4H3. The molecule has 1 aliphatic carbocycles. The Balaban J connectivity index is 2.12. The average molecular weight is 267 g/mol. The summed E-state index contributed by atoms with van der Waals surface area (Å²) >= 11 is 0. The smallest absolute Gasteiger partial charge is 0.0255 e. The van der Waals surface area contributed by atoms with Crippen LogP contribution in [-0.2, 0) is 0 Å². The van der Waals surface area contributed by atoms with E-state index in [4.69, 9.17) is 5.73 Å². The summed E-state index contributed by atoms with van der Waals surface area (Å²) in [4.78, 5) is 5.25. The molecule has 2 fully saturated rings. The molecule has 2 N–H and O–H groups in total. The summed E-state index contributed by atoms with van der Waals surface area (Å²) in [5.41, 5.74) is 6.95. The van der Waals surface area contributed by atoms with Gasteiger partial charge in [0.25, 0.3) is 0 Å². The van der Waals surface area contributed by atoms with Gasteiger partial charge in [-0.05, 0) is 51.1 Å². The number of nitrogens with zero attached hydrogens (tertiary/aromatic N) is 2. The van der Waals surface area contributed by atoms with Crippen LogP contribution in [0.1, 0.15) is 52.9 Å². The summed E-state index contributed by atoms with van der Waals surface area (Å²) < 4.78 is 0. The Kier molecular flexibility index (Phi) is 4.91. The van der Waals surface area contributed by atoms with Gasteiger partial charge < -0.3 is 10.6 Å². The Hall–Kier alpha value is -0.120. The molecule has 19 heavy (non-hydrogen) atoms. The second kappa shape index (κ2) is 6.11. The summed E-state index contributed by atoms with van der Waals surface area (Å²) in [5, 5.41) is 0. The summed E-state index contributed by atoms with van der Waals surface area (Å²) in [6.07, 6.45) is 6.29. The van der Waals surface area contributed by atoms with Crippen LogP contribution in [0.4, 0.5) is 0 Å². The number of rotatable bonds is 2. The maximum Gasteiger partial charge on any atom is 0.0255 e. The van der Waals surface area contributed by atoms with E-state index in [1.807, 2.05) is 0 Å². The molecule has 0 bridgehead atoms. The van der Waals surface area contributed by atoms with E-state index in [-0.39, 0.29) is 0 Å². The van der Waals surface area contributed by atoms with Gasteiger partial charge in [0.15, 0.2) is 0 Å². The van der Waals surface area contributed by atoms with Crippen molar-refractivity contribution < 1.29 is 0 Å². The first-order valence-electron chi connectivity index (χ1n) is 8.13. The quantitative estimate of drug-likeness (QED) is 0.833. The fourth-order valence-corrected chi connectivity index (χ4v) is 3.99. The predicted octanol–water partition coefficient (Wildman–Crippen LogP) is 2.31. The van der Waals surface area contributed by atoms with Gasteiger partial charge in [0.05, 0.1) is 0 Å². The normalized spacial score (nSPS) is 38.1. The third-order valence-corrected chi connectivity index (χ3v) is 5.26. The molecule has 3 nitrogen and oxygen atoms in total. The highest BCUT2D eigenvalue weighted by Gasteiger charge is 2.38. The van der Waals surface area contributed by atoms with Gasteiger partial charge in [-0.1, -0.05) is 20.8 Å². The number of nitrogens with two attached hydrogens (primary N) is 1. The summed E-state index contributed by atoms with van der Waals surface area (Å²) in [5.74, 6) is 0. The van der Waals surface area contributed by atoms with Crippen LogP contribution in [0.3, 0.4) is 0 Å². The Labute approximate surface area is 119 Å². The van der Waals surface area contributed by atoms with Gasteiger partial charge in [-0.15, -0.1) is 0 Å². The predicted molar refractivity (Wildman–Crippen MR) is 82.3 cm³/mol. The van der Waals surface area contributed by atoms with Crippen molar-refractivity contribution in [1.29, 1.82) is 0 Å². The van der Waals surface area contributed by atoms with Gasteiger partial charge in [-0.2, -0.15) is 0 Å². The van der Waals surface area contributed by atoms with Crippen molar-refractivity contribution in [2.45, 2.75) is 71.0 Å². The van der Waals surface area contributed by atoms with Gasteiger partial charge in [0.2, 0.25) is 0 Å². The molecule has 3 unspecified atom stereocenters. The van der Waals surface area contributed by atoms with Crippen molar-refractivity contribution in [3.63, 3.8) is 0 Å². The Morgan fingerprint density at radius 1 is 1.26 bits per heavy atom. The number of hydrogen-bond acceptors (Lipinski definition) is 3. The van der Waals surface area contributed by atoms with Crippen LogP contribution in [0.25, 0.3) is 0 Å². The zero-order valence-corrected chi connectivity index (χ0v) is 13.4. The molecule has 1 saturated carbocycles. The lowest BCUT2D eigenvalue weighted by molar-refractivity contribution is 0.0460. The highest BCUT2D eigenvalue weighted by Crippen LogP contribution is 2.38. The van der Waals surface area contributed by atoms with E-state index in [0.717, 1.165) is 0 Å². The fraction of sp³-hybridized carbons (Fsp3) is 1.00. The van der Waals surface area contributed by atoms with E-state index >= 15 is 0 Å². The molecule has 2 rings (SSSR count). The zero-order valence-electron chi connectivity index (χ0n) is 13.4. The third-order valence-electron chi connectivity index (χ3n) is 5.26. The van der Waals surface area contributed by atoms with Crippen LogP contribution in [0.15, 0.2) is 0 Å². The number of hydrogen-bond donors (Lipinski definition) is 1. The molecule has 3 heteroatoms. The largest absolute Gasteiger partial charge is 0.326 e. The summed E-state index contributed by atoms with van der Waals surface area (Å²) in [7, 11) is 2.26. The molecular formula is C16H33N3. The lowest BCUT2D eigenvalue weighted by atomic mass is 9.72. The van der Waals surface area contributed by atoms with E-state index in [1.54, 1.807) is 0 Å². The SMILES string of the molecule is CCC1CN(C)CCCN1C1CC(C)(C)CCC1N. The van der Waals surface area contributed by atoms with Crippen LogP contribution in [0, 0.1) is 5.41 Å². The molecule has 1 aliphatic heterocycles. The molecule has 2 aliphatic rings. The van der Waals surface area contributed by atoms with Gasteiger partial charge in [0.1, 0.15) is 0 Å². The van der Waals surface area contributed by atoms with E-state index in [9.17, 15) is 0 Å². The second-order valence-corrected chi connectivity index (χ2v) is 7.55. The maximum atomic E-state index is 6.48. The minimum atomic E-state index is 0.380. The van der Waals surface area contributed by atoms with Crippen molar-refractivity contribution in [2.24, 2.45) is 11.1 Å². The molecule has 0 aromatic carbocycles. The first-order valence-corrected chi connectivity index (χ1v) is 8.13. The molecule has 112 valence electrons. The highest BCUT2D eigenvalue weighted by molar-refractivity contribution is 4.95. The first-order chi connectivity index (χ1) is 8.93. The third kappa shape index (κ3) is 3.71. The molecule has 1 heterocycles. The number of likely N-dealkylation sites (N-methyl/N-ethyl adjacent to an activating group) is 1. The Bertz CT molecular complexity index is 290. The Morgan fingerprint density at radius 2 is 2.00 bits per heavy atom. The summed E-state index contributed by atoms with van der Waals surface area (Å²) in [6.45, 7) is 10.8. The Morgan fingerprint density at radius 3 is 2.68 bits per heavy atom. The van der Waals surface area contributed by atoms with Crippen molar-refractivity contribution in [2.75, 3.05) is 26.7 Å². The molecule has 3 atom stereocenters. The molecule has 0 amide bonds. The van der Waals surface area contributed by atoms with Crippen molar-refractivity contribution in [3.05, 3.63) is 0 Å². The van der Waals surface area contributed by atoms with Crippen LogP contribution in [-0.4, -0.2) is 54.6 Å². The van der Waals surface area contributed by atoms with Crippen LogP contribution >= 0.6 is 0 Å². The lowest BCUT2D eigenvalue weighted by Gasteiger charge is -2.47. The molecule has 1 saturated heterocycles. The minimum absolute atomic E-state index is 0.380. The van der Waals surface area contributed by atoms with E-state index in [0.29, 0.717) is 23.5 Å². The van der Waals surface area contributed by atoms with Gasteiger partial charge in [0, 0.05) is 31.2 Å². The summed E-state index contributed by atoms with van der Waals surface area (Å²) in [6, 6.07) is 1.67. The first kappa shape index (κ1) is 15.3. The maximum absolute atomic E-state index is 6.48. The molecule has 0 aromatic rings. The topological polar surface area (TPSA) is 32.5 Å². The molecule has 0 radical (unpaired) electrons. The minimum Gasteiger partial charge on any atom is -0.326 e. The molecule has 0 aromatic heterocycles. The lowest BCUT2D eigenvalue weighted by Crippen LogP contribution is -2.57. The fourth-order valence-electron chi connectivity index (χ4n) is 3.99. The van der Waals surface area contributed by atoms with Crippen LogP contribution in [0.5, 0.6) is 0 Å². The second-order valence-electron chi connectivity index (χ2n) is 7.55. The highest BCUT2D eigenvalue weighted by atomic mass is 15.3. The average Bonchev–Trinajstić information content (AvgIpc) is 2.54. The molecular weight excluding hydrogens is 234 g/mol. The van der Waals surface area contributed by atoms with Gasteiger partial charge >= 0.3 is 0 Å². The van der Waals surface area contributed by atoms with Crippen LogP contribution in [0.2, 0.25) is 0 Å². The van der Waals surface area contributed by atoms with Crippen molar-refractivity contribution >= 4 is 0 Å². The van der Waals surface area contributed by atoms with E-state index in [1.165, 1.54) is 51.7 Å². The van der Waals surface area contributed by atoms with Crippen LogP contribution < -0.4 is 5.73 Å². The van der Waals surface area contributed by atoms with Crippen molar-refractivity contribution in [1.82, 2.24) is 9.80 Å². The van der Waals surface area contributed by atoms with E-state index in [2.05, 4.69) is 37.6 Å². The zero-order chi connectivity index (χ0) is 14.0. The van der Waals surface area contributed by atoms with E-state index < -0.39 is 0 Å². The van der Waals surface area contributed by atoms with Gasteiger partial charge in [-0.3, -0.25) is 4.90 Å². The van der Waals surface area contributed by atoms with Gasteiger partial charge in [-0.25, -0.2) is 0 Å². The van der Waals surface area contributed by atoms with Crippen molar-refractivity contribution in [3.8, 4) is 0 Å². The molecule has 0 spiro atoms.